The van der Waals surface area contributed by atoms with Gasteiger partial charge >= 0.3 is 0 Å². The highest BCUT2D eigenvalue weighted by Gasteiger charge is 2.22. The number of pyridine rings is 1. The number of nitrogens with one attached hydrogen (secondary N) is 1. The Labute approximate surface area is 111 Å². The van der Waals surface area contributed by atoms with Gasteiger partial charge in [0.2, 0.25) is 0 Å². The summed E-state index contributed by atoms with van der Waals surface area (Å²) in [6, 6.07) is 10.2. The highest BCUT2D eigenvalue weighted by atomic mass is 35.5. The van der Waals surface area contributed by atoms with Gasteiger partial charge in [-0.1, -0.05) is 17.7 Å². The van der Waals surface area contributed by atoms with Crippen molar-refractivity contribution in [2.75, 3.05) is 11.1 Å². The normalized spacial score (nSPS) is 17.5. The largest absolute Gasteiger partial charge is 0.399 e. The van der Waals surface area contributed by atoms with E-state index in [-0.39, 0.29) is 0 Å². The van der Waals surface area contributed by atoms with Crippen LogP contribution in [0.25, 0.3) is 0 Å². The zero-order chi connectivity index (χ0) is 12.5. The van der Waals surface area contributed by atoms with Crippen molar-refractivity contribution in [1.29, 1.82) is 0 Å². The van der Waals surface area contributed by atoms with Crippen molar-refractivity contribution >= 4 is 23.0 Å². The average Bonchev–Trinajstić information content (AvgIpc) is 2.72. The van der Waals surface area contributed by atoms with E-state index in [0.29, 0.717) is 11.2 Å². The number of nitrogen functional groups attached to an aromatic ring is 1. The molecular formula is C14H14ClN3. The van der Waals surface area contributed by atoms with Gasteiger partial charge < -0.3 is 11.1 Å². The zero-order valence-corrected chi connectivity index (χ0v) is 10.6. The van der Waals surface area contributed by atoms with Gasteiger partial charge in [0.05, 0.1) is 6.04 Å². The predicted molar refractivity (Wildman–Crippen MR) is 74.8 cm³/mol. The van der Waals surface area contributed by atoms with E-state index in [1.54, 1.807) is 6.20 Å². The summed E-state index contributed by atoms with van der Waals surface area (Å²) in [6.45, 7) is 0. The second kappa shape index (κ2) is 4.50. The van der Waals surface area contributed by atoms with Gasteiger partial charge in [-0.15, -0.1) is 0 Å². The van der Waals surface area contributed by atoms with Gasteiger partial charge in [0.1, 0.15) is 5.15 Å². The predicted octanol–water partition coefficient (Wildman–Crippen LogP) is 3.42. The Morgan fingerprint density at radius 2 is 2.17 bits per heavy atom. The fraction of sp³-hybridized carbons (Fsp3) is 0.214. The lowest BCUT2D eigenvalue weighted by Gasteiger charge is -2.15. The number of hydrogen-bond acceptors (Lipinski definition) is 3. The molecule has 2 aromatic rings. The van der Waals surface area contributed by atoms with Crippen LogP contribution in [0.1, 0.15) is 23.6 Å². The highest BCUT2D eigenvalue weighted by molar-refractivity contribution is 6.29. The second-order valence-corrected chi connectivity index (χ2v) is 4.95. The van der Waals surface area contributed by atoms with Crippen molar-refractivity contribution < 1.29 is 0 Å². The Morgan fingerprint density at radius 1 is 1.28 bits per heavy atom. The number of aromatic nitrogens is 1. The van der Waals surface area contributed by atoms with Gasteiger partial charge in [0.25, 0.3) is 0 Å². The lowest BCUT2D eigenvalue weighted by molar-refractivity contribution is 0.762. The molecule has 0 fully saturated rings. The molecule has 92 valence electrons. The molecule has 1 aliphatic carbocycles. The zero-order valence-electron chi connectivity index (χ0n) is 9.86. The van der Waals surface area contributed by atoms with Gasteiger partial charge in [0.15, 0.2) is 0 Å². The Bertz CT molecular complexity index is 583. The number of nitrogens with zero attached hydrogens (tertiary/aromatic N) is 1. The van der Waals surface area contributed by atoms with Crippen LogP contribution in [0.5, 0.6) is 0 Å². The number of nitrogens with two attached hydrogens (primary N) is 1. The summed E-state index contributed by atoms with van der Waals surface area (Å²) in [6.07, 6.45) is 3.86. The average molecular weight is 260 g/mol. The van der Waals surface area contributed by atoms with Crippen molar-refractivity contribution in [1.82, 2.24) is 4.98 Å². The van der Waals surface area contributed by atoms with Crippen LogP contribution in [-0.2, 0) is 6.42 Å². The summed E-state index contributed by atoms with van der Waals surface area (Å²) >= 11 is 5.88. The number of aryl methyl sites for hydroxylation is 1. The molecule has 1 unspecified atom stereocenters. The van der Waals surface area contributed by atoms with E-state index < -0.39 is 0 Å². The third-order valence-electron chi connectivity index (χ3n) is 3.31. The maximum Gasteiger partial charge on any atom is 0.131 e. The summed E-state index contributed by atoms with van der Waals surface area (Å²) in [5.41, 5.74) is 10.3. The molecule has 3 nitrogen and oxygen atoms in total. The number of fused-ring (bicyclic) bond motifs is 1. The molecule has 0 radical (unpaired) electrons. The molecule has 3 rings (SSSR count). The molecule has 1 aromatic carbocycles. The minimum absolute atomic E-state index is 0.332. The van der Waals surface area contributed by atoms with E-state index in [0.717, 1.165) is 24.2 Å². The molecule has 0 aliphatic heterocycles. The van der Waals surface area contributed by atoms with Gasteiger partial charge in [-0.3, -0.25) is 0 Å². The third-order valence-corrected chi connectivity index (χ3v) is 3.52. The molecule has 18 heavy (non-hydrogen) atoms. The minimum atomic E-state index is 0.332. The second-order valence-electron chi connectivity index (χ2n) is 4.56. The van der Waals surface area contributed by atoms with Crippen molar-refractivity contribution in [2.45, 2.75) is 18.9 Å². The summed E-state index contributed by atoms with van der Waals surface area (Å²) in [5, 5.41) is 4.00. The van der Waals surface area contributed by atoms with Crippen LogP contribution in [0, 0.1) is 0 Å². The maximum atomic E-state index is 5.88. The first kappa shape index (κ1) is 11.4. The van der Waals surface area contributed by atoms with Crippen LogP contribution in [0.2, 0.25) is 5.15 Å². The van der Waals surface area contributed by atoms with Gasteiger partial charge in [-0.25, -0.2) is 4.98 Å². The fourth-order valence-electron chi connectivity index (χ4n) is 2.48. The summed E-state index contributed by atoms with van der Waals surface area (Å²) in [4.78, 5) is 3.98. The highest BCUT2D eigenvalue weighted by Crippen LogP contribution is 2.34. The molecule has 4 heteroatoms. The topological polar surface area (TPSA) is 50.9 Å². The lowest BCUT2D eigenvalue weighted by atomic mass is 10.1. The van der Waals surface area contributed by atoms with Crippen molar-refractivity contribution in [3.8, 4) is 0 Å². The molecule has 1 heterocycles. The molecule has 1 atom stereocenters. The third kappa shape index (κ3) is 2.14. The summed E-state index contributed by atoms with van der Waals surface area (Å²) < 4.78 is 0. The quantitative estimate of drug-likeness (QED) is 0.642. The number of anilines is 2. The van der Waals surface area contributed by atoms with Crippen LogP contribution >= 0.6 is 11.6 Å². The fourth-order valence-corrected chi connectivity index (χ4v) is 2.65. The van der Waals surface area contributed by atoms with Crippen LogP contribution in [0.15, 0.2) is 36.5 Å². The smallest absolute Gasteiger partial charge is 0.131 e. The Morgan fingerprint density at radius 3 is 3.00 bits per heavy atom. The first-order valence-electron chi connectivity index (χ1n) is 5.99. The summed E-state index contributed by atoms with van der Waals surface area (Å²) in [7, 11) is 0. The molecule has 0 saturated heterocycles. The monoisotopic (exact) mass is 259 g/mol. The van der Waals surface area contributed by atoms with Crippen LogP contribution in [-0.4, -0.2) is 4.98 Å². The molecule has 1 aliphatic rings. The van der Waals surface area contributed by atoms with E-state index >= 15 is 0 Å². The van der Waals surface area contributed by atoms with E-state index in [9.17, 15) is 0 Å². The van der Waals surface area contributed by atoms with E-state index in [1.807, 2.05) is 18.2 Å². The van der Waals surface area contributed by atoms with Crippen molar-refractivity contribution in [3.63, 3.8) is 0 Å². The van der Waals surface area contributed by atoms with E-state index in [1.165, 1.54) is 11.1 Å². The van der Waals surface area contributed by atoms with Gasteiger partial charge in [-0.2, -0.15) is 0 Å². The Hall–Kier alpha value is -1.74. The van der Waals surface area contributed by atoms with Crippen molar-refractivity contribution in [3.05, 3.63) is 52.8 Å². The Balaban J connectivity index is 1.85. The van der Waals surface area contributed by atoms with Gasteiger partial charge in [0, 0.05) is 17.6 Å². The first-order chi connectivity index (χ1) is 8.72. The van der Waals surface area contributed by atoms with Crippen LogP contribution in [0.4, 0.5) is 11.4 Å². The number of benzene rings is 1. The van der Waals surface area contributed by atoms with Crippen molar-refractivity contribution in [2.24, 2.45) is 0 Å². The van der Waals surface area contributed by atoms with Crippen LogP contribution in [0.3, 0.4) is 0 Å². The number of rotatable bonds is 2. The molecule has 0 bridgehead atoms. The van der Waals surface area contributed by atoms with E-state index in [4.69, 9.17) is 17.3 Å². The number of halogens is 1. The van der Waals surface area contributed by atoms with Gasteiger partial charge in [-0.05, 0) is 48.2 Å². The molecular weight excluding hydrogens is 246 g/mol. The Kier molecular flexibility index (Phi) is 2.84. The molecule has 1 aromatic heterocycles. The molecule has 0 saturated carbocycles. The molecule has 0 amide bonds. The first-order valence-corrected chi connectivity index (χ1v) is 6.36. The van der Waals surface area contributed by atoms with E-state index in [2.05, 4.69) is 22.4 Å². The SMILES string of the molecule is Nc1ccc2c(c1)CCC2Nc1ccnc(Cl)c1. The molecule has 0 spiro atoms. The summed E-state index contributed by atoms with van der Waals surface area (Å²) in [5.74, 6) is 0. The minimum Gasteiger partial charge on any atom is -0.399 e. The standard InChI is InChI=1S/C14H14ClN3/c15-14-8-11(5-6-17-14)18-13-4-1-9-7-10(16)2-3-12(9)13/h2-3,5-8,13H,1,4,16H2,(H,17,18). The maximum absolute atomic E-state index is 5.88. The molecule has 3 N–H and O–H groups in total. The number of hydrogen-bond donors (Lipinski definition) is 2. The van der Waals surface area contributed by atoms with Crippen LogP contribution < -0.4 is 11.1 Å². The lowest BCUT2D eigenvalue weighted by Crippen LogP contribution is -2.07.